The van der Waals surface area contributed by atoms with Crippen molar-refractivity contribution in [3.63, 3.8) is 0 Å². The molecule has 21 heavy (non-hydrogen) atoms. The summed E-state index contributed by atoms with van der Waals surface area (Å²) in [6.07, 6.45) is 0. The number of rotatable bonds is 8. The van der Waals surface area contributed by atoms with Crippen molar-refractivity contribution in [2.45, 2.75) is 33.7 Å². The molecule has 0 aliphatic heterocycles. The standard InChI is InChI=1S/C16H27N3O2/c1-5-19(6-2)11-12(4)18-15-9-8-13(17)10-14(15)16(20)21-7-3/h8-10,12,18H,5-7,11,17H2,1-4H3. The quantitative estimate of drug-likeness (QED) is 0.569. The number of carbonyl (C=O) groups excluding carboxylic acids is 1. The zero-order chi connectivity index (χ0) is 15.8. The largest absolute Gasteiger partial charge is 0.462 e. The average molecular weight is 293 g/mol. The smallest absolute Gasteiger partial charge is 0.340 e. The predicted molar refractivity (Wildman–Crippen MR) is 87.7 cm³/mol. The molecule has 0 aliphatic rings. The Morgan fingerprint density at radius 1 is 1.33 bits per heavy atom. The molecule has 1 atom stereocenters. The van der Waals surface area contributed by atoms with Crippen LogP contribution in [0.4, 0.5) is 11.4 Å². The zero-order valence-corrected chi connectivity index (χ0v) is 13.5. The number of hydrogen-bond donors (Lipinski definition) is 2. The van der Waals surface area contributed by atoms with Crippen LogP contribution in [0.1, 0.15) is 38.1 Å². The maximum Gasteiger partial charge on any atom is 0.340 e. The highest BCUT2D eigenvalue weighted by molar-refractivity contribution is 5.96. The van der Waals surface area contributed by atoms with Gasteiger partial charge in [-0.15, -0.1) is 0 Å². The van der Waals surface area contributed by atoms with Gasteiger partial charge in [0.05, 0.1) is 12.2 Å². The lowest BCUT2D eigenvalue weighted by molar-refractivity contribution is 0.0527. The summed E-state index contributed by atoms with van der Waals surface area (Å²) in [7, 11) is 0. The van der Waals surface area contributed by atoms with Gasteiger partial charge >= 0.3 is 5.97 Å². The second kappa shape index (κ2) is 8.52. The normalized spacial score (nSPS) is 12.2. The minimum absolute atomic E-state index is 0.224. The third-order valence-corrected chi connectivity index (χ3v) is 3.37. The maximum atomic E-state index is 12.0. The van der Waals surface area contributed by atoms with Crippen LogP contribution in [0.15, 0.2) is 18.2 Å². The number of likely N-dealkylation sites (N-methyl/N-ethyl adjacent to an activating group) is 1. The number of hydrogen-bond acceptors (Lipinski definition) is 5. The molecule has 118 valence electrons. The Labute approximate surface area is 127 Å². The fraction of sp³-hybridized carbons (Fsp3) is 0.562. The van der Waals surface area contributed by atoms with Crippen molar-refractivity contribution >= 4 is 17.3 Å². The Morgan fingerprint density at radius 2 is 2.00 bits per heavy atom. The van der Waals surface area contributed by atoms with Gasteiger partial charge in [-0.3, -0.25) is 0 Å². The predicted octanol–water partition coefficient (Wildman–Crippen LogP) is 2.59. The molecular formula is C16H27N3O2. The van der Waals surface area contributed by atoms with Gasteiger partial charge in [0, 0.05) is 24.0 Å². The van der Waals surface area contributed by atoms with E-state index in [4.69, 9.17) is 10.5 Å². The fourth-order valence-corrected chi connectivity index (χ4v) is 2.25. The maximum absolute atomic E-state index is 12.0. The Bertz CT molecular complexity index is 459. The van der Waals surface area contributed by atoms with Crippen LogP contribution in [0.2, 0.25) is 0 Å². The number of benzene rings is 1. The van der Waals surface area contributed by atoms with E-state index in [1.807, 2.05) is 6.07 Å². The highest BCUT2D eigenvalue weighted by Crippen LogP contribution is 2.21. The molecule has 0 heterocycles. The number of nitrogens with one attached hydrogen (secondary N) is 1. The van der Waals surface area contributed by atoms with Gasteiger partial charge < -0.3 is 20.7 Å². The lowest BCUT2D eigenvalue weighted by Gasteiger charge is -2.25. The van der Waals surface area contributed by atoms with E-state index < -0.39 is 0 Å². The van der Waals surface area contributed by atoms with Gasteiger partial charge in [0.25, 0.3) is 0 Å². The number of nitrogens with zero attached hydrogens (tertiary/aromatic N) is 1. The molecule has 1 aromatic carbocycles. The SMILES string of the molecule is CCOC(=O)c1cc(N)ccc1NC(C)CN(CC)CC. The first-order valence-electron chi connectivity index (χ1n) is 7.57. The molecule has 1 rings (SSSR count). The van der Waals surface area contributed by atoms with E-state index in [2.05, 4.69) is 31.0 Å². The highest BCUT2D eigenvalue weighted by atomic mass is 16.5. The molecule has 0 spiro atoms. The van der Waals surface area contributed by atoms with Gasteiger partial charge in [0.15, 0.2) is 0 Å². The van der Waals surface area contributed by atoms with E-state index in [1.165, 1.54) is 0 Å². The lowest BCUT2D eigenvalue weighted by atomic mass is 10.1. The van der Waals surface area contributed by atoms with E-state index in [0.717, 1.165) is 25.3 Å². The Morgan fingerprint density at radius 3 is 2.57 bits per heavy atom. The number of ether oxygens (including phenoxy) is 1. The first kappa shape index (κ1) is 17.3. The molecule has 0 bridgehead atoms. The van der Waals surface area contributed by atoms with E-state index in [1.54, 1.807) is 19.1 Å². The van der Waals surface area contributed by atoms with Crippen molar-refractivity contribution < 1.29 is 9.53 Å². The van der Waals surface area contributed by atoms with Crippen molar-refractivity contribution in [2.75, 3.05) is 37.3 Å². The Kier molecular flexibility index (Phi) is 7.02. The zero-order valence-electron chi connectivity index (χ0n) is 13.5. The van der Waals surface area contributed by atoms with Crippen molar-refractivity contribution in [1.82, 2.24) is 4.90 Å². The number of esters is 1. The van der Waals surface area contributed by atoms with Crippen LogP contribution in [0.5, 0.6) is 0 Å². The molecule has 0 saturated carbocycles. The second-order valence-corrected chi connectivity index (χ2v) is 5.06. The molecule has 0 aromatic heterocycles. The number of anilines is 2. The summed E-state index contributed by atoms with van der Waals surface area (Å²) in [5.74, 6) is -0.345. The Hall–Kier alpha value is -1.75. The lowest BCUT2D eigenvalue weighted by Crippen LogP contribution is -2.35. The average Bonchev–Trinajstić information content (AvgIpc) is 2.46. The highest BCUT2D eigenvalue weighted by Gasteiger charge is 2.15. The van der Waals surface area contributed by atoms with Gasteiger partial charge in [0.2, 0.25) is 0 Å². The topological polar surface area (TPSA) is 67.6 Å². The summed E-state index contributed by atoms with van der Waals surface area (Å²) in [5.41, 5.74) is 7.58. The van der Waals surface area contributed by atoms with Crippen LogP contribution in [0.3, 0.4) is 0 Å². The fourth-order valence-electron chi connectivity index (χ4n) is 2.25. The first-order valence-corrected chi connectivity index (χ1v) is 7.57. The molecule has 0 amide bonds. The molecule has 3 N–H and O–H groups in total. The summed E-state index contributed by atoms with van der Waals surface area (Å²) >= 11 is 0. The number of nitrogens with two attached hydrogens (primary N) is 1. The summed E-state index contributed by atoms with van der Waals surface area (Å²) < 4.78 is 5.08. The minimum Gasteiger partial charge on any atom is -0.462 e. The molecular weight excluding hydrogens is 266 g/mol. The third kappa shape index (κ3) is 5.27. The molecule has 0 radical (unpaired) electrons. The summed E-state index contributed by atoms with van der Waals surface area (Å²) in [4.78, 5) is 14.3. The van der Waals surface area contributed by atoms with Gasteiger partial charge in [-0.1, -0.05) is 13.8 Å². The van der Waals surface area contributed by atoms with Gasteiger partial charge in [-0.25, -0.2) is 4.79 Å². The van der Waals surface area contributed by atoms with Crippen LogP contribution >= 0.6 is 0 Å². The molecule has 5 heteroatoms. The van der Waals surface area contributed by atoms with Gasteiger partial charge in [-0.05, 0) is 45.1 Å². The number of carbonyl (C=O) groups is 1. The van der Waals surface area contributed by atoms with Crippen molar-refractivity contribution in [1.29, 1.82) is 0 Å². The van der Waals surface area contributed by atoms with Crippen LogP contribution < -0.4 is 11.1 Å². The van der Waals surface area contributed by atoms with Gasteiger partial charge in [-0.2, -0.15) is 0 Å². The van der Waals surface area contributed by atoms with Crippen LogP contribution in [0.25, 0.3) is 0 Å². The second-order valence-electron chi connectivity index (χ2n) is 5.06. The molecule has 0 fully saturated rings. The van der Waals surface area contributed by atoms with Crippen LogP contribution in [-0.2, 0) is 4.74 Å². The summed E-state index contributed by atoms with van der Waals surface area (Å²) in [6, 6.07) is 5.50. The van der Waals surface area contributed by atoms with Crippen molar-refractivity contribution in [3.8, 4) is 0 Å². The molecule has 0 aliphatic carbocycles. The first-order chi connectivity index (χ1) is 10.0. The third-order valence-electron chi connectivity index (χ3n) is 3.37. The van der Waals surface area contributed by atoms with Crippen molar-refractivity contribution in [2.24, 2.45) is 0 Å². The minimum atomic E-state index is -0.345. The molecule has 5 nitrogen and oxygen atoms in total. The summed E-state index contributed by atoms with van der Waals surface area (Å²) in [5, 5.41) is 3.38. The van der Waals surface area contributed by atoms with Crippen molar-refractivity contribution in [3.05, 3.63) is 23.8 Å². The van der Waals surface area contributed by atoms with Crippen LogP contribution in [0, 0.1) is 0 Å². The monoisotopic (exact) mass is 293 g/mol. The summed E-state index contributed by atoms with van der Waals surface area (Å²) in [6.45, 7) is 11.5. The van der Waals surface area contributed by atoms with E-state index >= 15 is 0 Å². The molecule has 0 saturated heterocycles. The van der Waals surface area contributed by atoms with E-state index in [9.17, 15) is 4.79 Å². The molecule has 1 aromatic rings. The van der Waals surface area contributed by atoms with E-state index in [0.29, 0.717) is 17.9 Å². The molecule has 1 unspecified atom stereocenters. The Balaban J connectivity index is 2.84. The van der Waals surface area contributed by atoms with Gasteiger partial charge in [0.1, 0.15) is 0 Å². The van der Waals surface area contributed by atoms with Crippen LogP contribution in [-0.4, -0.2) is 43.2 Å². The van der Waals surface area contributed by atoms with E-state index in [-0.39, 0.29) is 12.0 Å². The number of nitrogen functional groups attached to an aromatic ring is 1.